The Bertz CT molecular complexity index is 587. The molecule has 0 saturated heterocycles. The van der Waals surface area contributed by atoms with Gasteiger partial charge in [-0.05, 0) is 42.3 Å². The highest BCUT2D eigenvalue weighted by atomic mass is 16.6. The highest BCUT2D eigenvalue weighted by molar-refractivity contribution is 5.90. The summed E-state index contributed by atoms with van der Waals surface area (Å²) in [6.07, 6.45) is 0. The van der Waals surface area contributed by atoms with E-state index in [0.29, 0.717) is 18.8 Å². The van der Waals surface area contributed by atoms with Crippen molar-refractivity contribution in [1.29, 1.82) is 0 Å². The van der Waals surface area contributed by atoms with Crippen molar-refractivity contribution in [1.82, 2.24) is 0 Å². The van der Waals surface area contributed by atoms with Gasteiger partial charge in [0, 0.05) is 7.11 Å². The topological polar surface area (TPSA) is 44.8 Å². The summed E-state index contributed by atoms with van der Waals surface area (Å²) in [4.78, 5) is 11.8. The highest BCUT2D eigenvalue weighted by Gasteiger charge is 2.07. The third-order valence-electron chi connectivity index (χ3n) is 3.14. The van der Waals surface area contributed by atoms with Gasteiger partial charge in [-0.15, -0.1) is 0 Å². The first-order chi connectivity index (χ1) is 10.7. The van der Waals surface area contributed by atoms with Crippen LogP contribution < -0.4 is 4.74 Å². The van der Waals surface area contributed by atoms with E-state index in [0.717, 1.165) is 16.9 Å². The number of carbonyl (C=O) groups excluding carboxylic acids is 1. The predicted molar refractivity (Wildman–Crippen MR) is 85.2 cm³/mol. The lowest BCUT2D eigenvalue weighted by molar-refractivity contribution is 0.0388. The fraction of sp³-hybridized carbons (Fsp3) is 0.278. The van der Waals surface area contributed by atoms with Gasteiger partial charge in [-0.1, -0.05) is 24.3 Å². The zero-order chi connectivity index (χ0) is 15.8. The van der Waals surface area contributed by atoms with Crippen molar-refractivity contribution in [2.45, 2.75) is 6.92 Å². The molecule has 116 valence electrons. The predicted octanol–water partition coefficient (Wildman–Crippen LogP) is 3.56. The van der Waals surface area contributed by atoms with Crippen LogP contribution in [-0.4, -0.2) is 32.9 Å². The molecule has 2 aromatic carbocycles. The molecule has 0 aromatic heterocycles. The van der Waals surface area contributed by atoms with E-state index in [4.69, 9.17) is 14.2 Å². The van der Waals surface area contributed by atoms with Gasteiger partial charge in [-0.2, -0.15) is 0 Å². The van der Waals surface area contributed by atoms with Crippen LogP contribution in [0.3, 0.4) is 0 Å². The molecule has 0 aliphatic rings. The minimum atomic E-state index is -0.338. The first kappa shape index (κ1) is 16.0. The zero-order valence-electron chi connectivity index (χ0n) is 12.9. The van der Waals surface area contributed by atoms with Crippen molar-refractivity contribution in [3.05, 3.63) is 54.1 Å². The van der Waals surface area contributed by atoms with E-state index in [2.05, 4.69) is 0 Å². The number of methoxy groups -OCH3 is 1. The Labute approximate surface area is 130 Å². The van der Waals surface area contributed by atoms with Gasteiger partial charge in [0.1, 0.15) is 12.4 Å². The zero-order valence-corrected chi connectivity index (χ0v) is 12.9. The maximum Gasteiger partial charge on any atom is 0.338 e. The molecule has 0 amide bonds. The summed E-state index contributed by atoms with van der Waals surface area (Å²) in [5.74, 6) is 0.514. The highest BCUT2D eigenvalue weighted by Crippen LogP contribution is 2.23. The molecule has 0 bridgehead atoms. The van der Waals surface area contributed by atoms with Gasteiger partial charge in [-0.3, -0.25) is 0 Å². The molecule has 0 fully saturated rings. The van der Waals surface area contributed by atoms with Crippen LogP contribution >= 0.6 is 0 Å². The molecule has 0 N–H and O–H groups in total. The van der Waals surface area contributed by atoms with Gasteiger partial charge in [0.2, 0.25) is 0 Å². The van der Waals surface area contributed by atoms with E-state index in [9.17, 15) is 4.79 Å². The Balaban J connectivity index is 2.03. The molecule has 2 rings (SSSR count). The lowest BCUT2D eigenvalue weighted by Gasteiger charge is -2.07. The smallest absolute Gasteiger partial charge is 0.338 e. The maximum absolute atomic E-state index is 11.8. The molecular weight excluding hydrogens is 280 g/mol. The first-order valence-electron chi connectivity index (χ1n) is 7.24. The number of rotatable bonds is 7. The number of ether oxygens (including phenoxy) is 3. The maximum atomic E-state index is 11.8. The second-order valence-corrected chi connectivity index (χ2v) is 4.66. The van der Waals surface area contributed by atoms with E-state index < -0.39 is 0 Å². The molecule has 2 aromatic rings. The largest absolute Gasteiger partial charge is 0.494 e. The van der Waals surface area contributed by atoms with Crippen LogP contribution in [0, 0.1) is 0 Å². The van der Waals surface area contributed by atoms with Crippen LogP contribution in [0.2, 0.25) is 0 Å². The minimum Gasteiger partial charge on any atom is -0.494 e. The molecule has 0 aliphatic heterocycles. The number of esters is 1. The van der Waals surface area contributed by atoms with Crippen molar-refractivity contribution in [3.63, 3.8) is 0 Å². The summed E-state index contributed by atoms with van der Waals surface area (Å²) in [5.41, 5.74) is 2.64. The normalized spacial score (nSPS) is 10.3. The average molecular weight is 300 g/mol. The molecule has 0 spiro atoms. The summed E-state index contributed by atoms with van der Waals surface area (Å²) in [7, 11) is 1.57. The Morgan fingerprint density at radius 1 is 0.909 bits per heavy atom. The summed E-state index contributed by atoms with van der Waals surface area (Å²) < 4.78 is 15.3. The quantitative estimate of drug-likeness (QED) is 0.579. The molecule has 22 heavy (non-hydrogen) atoms. The van der Waals surface area contributed by atoms with Gasteiger partial charge in [0.05, 0.1) is 18.8 Å². The first-order valence-corrected chi connectivity index (χ1v) is 7.24. The van der Waals surface area contributed by atoms with Gasteiger partial charge < -0.3 is 14.2 Å². The monoisotopic (exact) mass is 300 g/mol. The van der Waals surface area contributed by atoms with Crippen LogP contribution in [-0.2, 0) is 9.47 Å². The van der Waals surface area contributed by atoms with Crippen LogP contribution in [0.25, 0.3) is 11.1 Å². The van der Waals surface area contributed by atoms with Gasteiger partial charge in [-0.25, -0.2) is 4.79 Å². The van der Waals surface area contributed by atoms with Crippen LogP contribution in [0.5, 0.6) is 5.75 Å². The summed E-state index contributed by atoms with van der Waals surface area (Å²) in [6.45, 7) is 3.27. The van der Waals surface area contributed by atoms with E-state index in [1.165, 1.54) is 0 Å². The van der Waals surface area contributed by atoms with E-state index >= 15 is 0 Å². The molecule has 0 heterocycles. The van der Waals surface area contributed by atoms with Crippen LogP contribution in [0.1, 0.15) is 17.3 Å². The molecule has 0 saturated carbocycles. The number of benzene rings is 2. The van der Waals surface area contributed by atoms with Crippen LogP contribution in [0.4, 0.5) is 0 Å². The summed E-state index contributed by atoms with van der Waals surface area (Å²) in [6, 6.07) is 15.2. The molecule has 0 unspecified atom stereocenters. The average Bonchev–Trinajstić information content (AvgIpc) is 2.56. The third kappa shape index (κ3) is 4.33. The number of hydrogen-bond donors (Lipinski definition) is 0. The fourth-order valence-corrected chi connectivity index (χ4v) is 2.01. The Morgan fingerprint density at radius 2 is 1.50 bits per heavy atom. The number of carbonyl (C=O) groups is 1. The van der Waals surface area contributed by atoms with Gasteiger partial charge in [0.15, 0.2) is 0 Å². The SMILES string of the molecule is CCOc1ccc(-c2ccc(C(=O)OCCOC)cc2)cc1. The number of hydrogen-bond acceptors (Lipinski definition) is 4. The Kier molecular flexibility index (Phi) is 5.98. The minimum absolute atomic E-state index is 0.260. The van der Waals surface area contributed by atoms with E-state index in [1.807, 2.05) is 43.3 Å². The van der Waals surface area contributed by atoms with Crippen LogP contribution in [0.15, 0.2) is 48.5 Å². The van der Waals surface area contributed by atoms with E-state index in [-0.39, 0.29) is 12.6 Å². The van der Waals surface area contributed by atoms with Crippen molar-refractivity contribution in [2.75, 3.05) is 26.9 Å². The summed E-state index contributed by atoms with van der Waals surface area (Å²) >= 11 is 0. The molecule has 4 nitrogen and oxygen atoms in total. The van der Waals surface area contributed by atoms with Crippen molar-refractivity contribution in [2.24, 2.45) is 0 Å². The van der Waals surface area contributed by atoms with Crippen molar-refractivity contribution >= 4 is 5.97 Å². The van der Waals surface area contributed by atoms with Gasteiger partial charge in [0.25, 0.3) is 0 Å². The van der Waals surface area contributed by atoms with E-state index in [1.54, 1.807) is 19.2 Å². The Hall–Kier alpha value is -2.33. The molecule has 0 aliphatic carbocycles. The third-order valence-corrected chi connectivity index (χ3v) is 3.14. The van der Waals surface area contributed by atoms with Crippen molar-refractivity contribution in [3.8, 4) is 16.9 Å². The van der Waals surface area contributed by atoms with Gasteiger partial charge >= 0.3 is 5.97 Å². The van der Waals surface area contributed by atoms with Crippen molar-refractivity contribution < 1.29 is 19.0 Å². The second-order valence-electron chi connectivity index (χ2n) is 4.66. The lowest BCUT2D eigenvalue weighted by Crippen LogP contribution is -2.09. The second kappa shape index (κ2) is 8.20. The Morgan fingerprint density at radius 3 is 2.05 bits per heavy atom. The fourth-order valence-electron chi connectivity index (χ4n) is 2.01. The standard InChI is InChI=1S/C18H20O4/c1-3-21-17-10-8-15(9-11-17)14-4-6-16(7-5-14)18(19)22-13-12-20-2/h4-11H,3,12-13H2,1-2H3. The molecule has 0 radical (unpaired) electrons. The molecular formula is C18H20O4. The molecule has 0 atom stereocenters. The lowest BCUT2D eigenvalue weighted by atomic mass is 10.0. The molecule has 4 heteroatoms. The summed E-state index contributed by atoms with van der Waals surface area (Å²) in [5, 5.41) is 0.